The van der Waals surface area contributed by atoms with E-state index in [9.17, 15) is 0 Å². The van der Waals surface area contributed by atoms with Gasteiger partial charge >= 0.3 is 0 Å². The van der Waals surface area contributed by atoms with E-state index in [1.165, 1.54) is 0 Å². The molecule has 0 unspecified atom stereocenters. The van der Waals surface area contributed by atoms with Gasteiger partial charge in [0.1, 0.15) is 0 Å². The van der Waals surface area contributed by atoms with Gasteiger partial charge in [-0.25, -0.2) is 0 Å². The predicted octanol–water partition coefficient (Wildman–Crippen LogP) is -0.512. The number of aromatic nitrogens is 4. The molecule has 84 valence electrons. The first kappa shape index (κ1) is 10.5. The fourth-order valence-corrected chi connectivity index (χ4v) is 1.70. The Kier molecular flexibility index (Phi) is 3.63. The van der Waals surface area contributed by atoms with E-state index in [0.29, 0.717) is 0 Å². The minimum absolute atomic E-state index is 0.825. The first-order valence-corrected chi connectivity index (χ1v) is 5.58. The highest BCUT2D eigenvalue weighted by Gasteiger charge is 2.12. The first-order chi connectivity index (χ1) is 7.38. The van der Waals surface area contributed by atoms with Crippen LogP contribution in [0.5, 0.6) is 0 Å². The number of hydrogen-bond donors (Lipinski definition) is 1. The maximum absolute atomic E-state index is 4.33. The van der Waals surface area contributed by atoms with Gasteiger partial charge in [-0.2, -0.15) is 4.80 Å². The molecule has 0 saturated carbocycles. The van der Waals surface area contributed by atoms with Crippen molar-refractivity contribution in [2.24, 2.45) is 0 Å². The van der Waals surface area contributed by atoms with E-state index < -0.39 is 0 Å². The summed E-state index contributed by atoms with van der Waals surface area (Å²) in [4.78, 5) is 4.03. The van der Waals surface area contributed by atoms with Crippen molar-refractivity contribution >= 4 is 0 Å². The van der Waals surface area contributed by atoms with Gasteiger partial charge in [-0.1, -0.05) is 6.92 Å². The Morgan fingerprint density at radius 3 is 2.87 bits per heavy atom. The SMILES string of the molecule is CCCn1nnc(CN2CCNCC2)n1. The van der Waals surface area contributed by atoms with Gasteiger partial charge < -0.3 is 5.32 Å². The van der Waals surface area contributed by atoms with Gasteiger partial charge in [-0.05, 0) is 11.6 Å². The van der Waals surface area contributed by atoms with Crippen molar-refractivity contribution in [1.82, 2.24) is 30.4 Å². The van der Waals surface area contributed by atoms with E-state index in [2.05, 4.69) is 32.6 Å². The summed E-state index contributed by atoms with van der Waals surface area (Å²) in [6, 6.07) is 0. The molecule has 1 aromatic rings. The lowest BCUT2D eigenvalue weighted by molar-refractivity contribution is 0.227. The van der Waals surface area contributed by atoms with Crippen LogP contribution in [0.3, 0.4) is 0 Å². The summed E-state index contributed by atoms with van der Waals surface area (Å²) < 4.78 is 0. The van der Waals surface area contributed by atoms with E-state index in [1.54, 1.807) is 4.80 Å². The van der Waals surface area contributed by atoms with Gasteiger partial charge in [0.2, 0.25) is 0 Å². The van der Waals surface area contributed by atoms with Crippen LogP contribution in [0.25, 0.3) is 0 Å². The highest BCUT2D eigenvalue weighted by Crippen LogP contribution is 1.99. The van der Waals surface area contributed by atoms with Crippen molar-refractivity contribution in [3.8, 4) is 0 Å². The van der Waals surface area contributed by atoms with Crippen molar-refractivity contribution in [3.63, 3.8) is 0 Å². The van der Waals surface area contributed by atoms with Crippen LogP contribution in [-0.4, -0.2) is 51.3 Å². The third kappa shape index (κ3) is 2.97. The van der Waals surface area contributed by atoms with E-state index in [4.69, 9.17) is 0 Å². The van der Waals surface area contributed by atoms with Crippen LogP contribution >= 0.6 is 0 Å². The molecule has 15 heavy (non-hydrogen) atoms. The molecule has 6 nitrogen and oxygen atoms in total. The van der Waals surface area contributed by atoms with Crippen molar-refractivity contribution in [3.05, 3.63) is 5.82 Å². The molecule has 0 radical (unpaired) electrons. The van der Waals surface area contributed by atoms with Gasteiger partial charge in [-0.15, -0.1) is 10.2 Å². The van der Waals surface area contributed by atoms with Gasteiger partial charge in [0, 0.05) is 26.2 Å². The van der Waals surface area contributed by atoms with Crippen LogP contribution < -0.4 is 5.32 Å². The normalized spacial score (nSPS) is 18.2. The van der Waals surface area contributed by atoms with Crippen LogP contribution in [0.1, 0.15) is 19.2 Å². The maximum atomic E-state index is 4.33. The maximum Gasteiger partial charge on any atom is 0.188 e. The summed E-state index contributed by atoms with van der Waals surface area (Å²) in [5, 5.41) is 15.7. The zero-order chi connectivity index (χ0) is 10.5. The molecule has 0 bridgehead atoms. The van der Waals surface area contributed by atoms with Crippen molar-refractivity contribution in [2.45, 2.75) is 26.4 Å². The molecule has 1 N–H and O–H groups in total. The molecule has 2 heterocycles. The van der Waals surface area contributed by atoms with Crippen molar-refractivity contribution < 1.29 is 0 Å². The summed E-state index contributed by atoms with van der Waals surface area (Å²) in [5.74, 6) is 0.838. The smallest absolute Gasteiger partial charge is 0.188 e. The number of aryl methyl sites for hydroxylation is 1. The number of tetrazole rings is 1. The Labute approximate surface area is 89.6 Å². The lowest BCUT2D eigenvalue weighted by atomic mass is 10.3. The Morgan fingerprint density at radius 1 is 1.33 bits per heavy atom. The highest BCUT2D eigenvalue weighted by molar-refractivity contribution is 4.79. The second-order valence-electron chi connectivity index (χ2n) is 3.83. The monoisotopic (exact) mass is 210 g/mol. The molecule has 1 aliphatic rings. The van der Waals surface area contributed by atoms with Gasteiger partial charge in [0.25, 0.3) is 0 Å². The van der Waals surface area contributed by atoms with E-state index >= 15 is 0 Å². The van der Waals surface area contributed by atoms with Crippen LogP contribution in [0.2, 0.25) is 0 Å². The summed E-state index contributed by atoms with van der Waals surface area (Å²) >= 11 is 0. The Bertz CT molecular complexity index is 291. The summed E-state index contributed by atoms with van der Waals surface area (Å²) in [6.07, 6.45) is 1.05. The average Bonchev–Trinajstić information content (AvgIpc) is 2.68. The Morgan fingerprint density at radius 2 is 2.13 bits per heavy atom. The Balaban J connectivity index is 1.86. The van der Waals surface area contributed by atoms with Gasteiger partial charge in [0.15, 0.2) is 5.82 Å². The number of hydrogen-bond acceptors (Lipinski definition) is 5. The minimum atomic E-state index is 0.825. The summed E-state index contributed by atoms with van der Waals surface area (Å²) in [6.45, 7) is 8.05. The summed E-state index contributed by atoms with van der Waals surface area (Å²) in [5.41, 5.74) is 0. The number of piperazine rings is 1. The molecule has 0 aromatic carbocycles. The molecule has 0 aliphatic carbocycles. The van der Waals surface area contributed by atoms with Crippen molar-refractivity contribution in [2.75, 3.05) is 26.2 Å². The Hall–Kier alpha value is -1.01. The topological polar surface area (TPSA) is 58.9 Å². The lowest BCUT2D eigenvalue weighted by Crippen LogP contribution is -2.43. The molecule has 0 amide bonds. The van der Waals surface area contributed by atoms with Gasteiger partial charge in [0.05, 0.1) is 13.1 Å². The number of rotatable bonds is 4. The lowest BCUT2D eigenvalue weighted by Gasteiger charge is -2.25. The zero-order valence-electron chi connectivity index (χ0n) is 9.19. The van der Waals surface area contributed by atoms with Crippen LogP contribution in [0.4, 0.5) is 0 Å². The fourth-order valence-electron chi connectivity index (χ4n) is 1.70. The van der Waals surface area contributed by atoms with Gasteiger partial charge in [-0.3, -0.25) is 4.90 Å². The number of nitrogens with one attached hydrogen (secondary N) is 1. The highest BCUT2D eigenvalue weighted by atomic mass is 15.6. The van der Waals surface area contributed by atoms with E-state index in [-0.39, 0.29) is 0 Å². The molecule has 2 rings (SSSR count). The molecule has 0 spiro atoms. The zero-order valence-corrected chi connectivity index (χ0v) is 9.19. The largest absolute Gasteiger partial charge is 0.314 e. The molecular formula is C9H18N6. The van der Waals surface area contributed by atoms with Crippen LogP contribution in [0.15, 0.2) is 0 Å². The average molecular weight is 210 g/mol. The first-order valence-electron chi connectivity index (χ1n) is 5.58. The van der Waals surface area contributed by atoms with E-state index in [0.717, 1.165) is 51.5 Å². The minimum Gasteiger partial charge on any atom is -0.314 e. The van der Waals surface area contributed by atoms with Crippen LogP contribution in [0, 0.1) is 0 Å². The quantitative estimate of drug-likeness (QED) is 0.725. The third-order valence-electron chi connectivity index (χ3n) is 2.49. The molecule has 1 fully saturated rings. The molecule has 1 saturated heterocycles. The van der Waals surface area contributed by atoms with Crippen molar-refractivity contribution in [1.29, 1.82) is 0 Å². The molecule has 0 atom stereocenters. The summed E-state index contributed by atoms with van der Waals surface area (Å²) in [7, 11) is 0. The molecular weight excluding hydrogens is 192 g/mol. The van der Waals surface area contributed by atoms with Crippen LogP contribution in [-0.2, 0) is 13.1 Å². The third-order valence-corrected chi connectivity index (χ3v) is 2.49. The predicted molar refractivity (Wildman–Crippen MR) is 56.3 cm³/mol. The molecule has 6 heteroatoms. The molecule has 1 aromatic heterocycles. The standard InChI is InChI=1S/C9H18N6/c1-2-5-15-12-9(11-13-15)8-14-6-3-10-4-7-14/h10H,2-8H2,1H3. The number of nitrogens with zero attached hydrogens (tertiary/aromatic N) is 5. The molecule has 1 aliphatic heterocycles. The fraction of sp³-hybridized carbons (Fsp3) is 0.889. The second kappa shape index (κ2) is 5.18. The second-order valence-corrected chi connectivity index (χ2v) is 3.83. The van der Waals surface area contributed by atoms with E-state index in [1.807, 2.05) is 0 Å².